The quantitative estimate of drug-likeness (QED) is 0.838. The lowest BCUT2D eigenvalue weighted by molar-refractivity contribution is -0.133. The molecule has 108 valence electrons. The van der Waals surface area contributed by atoms with Crippen LogP contribution in [0.15, 0.2) is 0 Å². The van der Waals surface area contributed by atoms with E-state index in [2.05, 4.69) is 0 Å². The first-order valence-electron chi connectivity index (χ1n) is 7.74. The van der Waals surface area contributed by atoms with E-state index in [1.165, 1.54) is 0 Å². The molecule has 3 fully saturated rings. The third-order valence-electron chi connectivity index (χ3n) is 5.23. The maximum absolute atomic E-state index is 12.3. The fourth-order valence-corrected chi connectivity index (χ4v) is 4.03. The zero-order chi connectivity index (χ0) is 13.4. The molecule has 3 unspecified atom stereocenters. The van der Waals surface area contributed by atoms with Gasteiger partial charge in [0.25, 0.3) is 0 Å². The molecule has 0 aromatic heterocycles. The van der Waals surface area contributed by atoms with Gasteiger partial charge in [0.1, 0.15) is 0 Å². The van der Waals surface area contributed by atoms with Crippen molar-refractivity contribution in [3.05, 3.63) is 0 Å². The number of rotatable bonds is 4. The summed E-state index contributed by atoms with van der Waals surface area (Å²) in [5, 5.41) is 9.88. The van der Waals surface area contributed by atoms with Gasteiger partial charge in [-0.05, 0) is 44.4 Å². The molecule has 3 rings (SSSR count). The summed E-state index contributed by atoms with van der Waals surface area (Å²) in [6, 6.07) is 0. The molecule has 0 bridgehead atoms. The fourth-order valence-electron chi connectivity index (χ4n) is 4.03. The fraction of sp³-hybridized carbons (Fsp3) is 0.933. The molecule has 2 saturated carbocycles. The number of ether oxygens (including phenoxy) is 1. The molecule has 0 spiro atoms. The topological polar surface area (TPSA) is 49.8 Å². The summed E-state index contributed by atoms with van der Waals surface area (Å²) in [6.07, 6.45) is 5.00. The molecule has 1 aliphatic heterocycles. The van der Waals surface area contributed by atoms with Crippen molar-refractivity contribution < 1.29 is 14.6 Å². The number of carbonyl (C=O) groups is 1. The van der Waals surface area contributed by atoms with Crippen LogP contribution >= 0.6 is 0 Å². The Morgan fingerprint density at radius 3 is 2.79 bits per heavy atom. The number of aliphatic hydroxyl groups is 1. The second-order valence-corrected chi connectivity index (χ2v) is 6.49. The van der Waals surface area contributed by atoms with Crippen LogP contribution in [0.2, 0.25) is 0 Å². The summed E-state index contributed by atoms with van der Waals surface area (Å²) in [6.45, 7) is 4.46. The van der Waals surface area contributed by atoms with Crippen LogP contribution in [0.25, 0.3) is 0 Å². The lowest BCUT2D eigenvalue weighted by Crippen LogP contribution is -2.37. The van der Waals surface area contributed by atoms with Gasteiger partial charge in [0.05, 0.1) is 12.2 Å². The van der Waals surface area contributed by atoms with E-state index in [0.717, 1.165) is 45.4 Å². The van der Waals surface area contributed by atoms with Crippen molar-refractivity contribution in [2.75, 3.05) is 19.7 Å². The summed E-state index contributed by atoms with van der Waals surface area (Å²) in [5.74, 6) is 1.72. The van der Waals surface area contributed by atoms with Gasteiger partial charge in [-0.1, -0.05) is 0 Å². The highest BCUT2D eigenvalue weighted by atomic mass is 16.5. The van der Waals surface area contributed by atoms with Crippen LogP contribution in [0, 0.1) is 17.8 Å². The lowest BCUT2D eigenvalue weighted by atomic mass is 9.80. The Balaban J connectivity index is 1.43. The van der Waals surface area contributed by atoms with Crippen LogP contribution in [0.4, 0.5) is 0 Å². The lowest BCUT2D eigenvalue weighted by Gasteiger charge is -2.35. The minimum atomic E-state index is -0.172. The van der Waals surface area contributed by atoms with Crippen LogP contribution in [-0.2, 0) is 9.53 Å². The van der Waals surface area contributed by atoms with Crippen LogP contribution in [0.1, 0.15) is 39.0 Å². The Morgan fingerprint density at radius 1 is 1.32 bits per heavy atom. The first-order valence-corrected chi connectivity index (χ1v) is 7.74. The molecule has 0 aromatic carbocycles. The molecule has 1 amide bonds. The molecule has 4 heteroatoms. The molecule has 1 saturated heterocycles. The minimum absolute atomic E-state index is 0.172. The standard InChI is InChI=1S/C15H25NO3/c1-2-19-12-5-10(6-12)7-15(18)16-8-11-3-4-14(17)13(11)9-16/h10-14,17H,2-9H2,1H3. The number of amides is 1. The van der Waals surface area contributed by atoms with Gasteiger partial charge in [0.15, 0.2) is 0 Å². The highest BCUT2D eigenvalue weighted by Gasteiger charge is 2.43. The normalized spacial score (nSPS) is 41.2. The zero-order valence-corrected chi connectivity index (χ0v) is 11.8. The molecule has 3 atom stereocenters. The van der Waals surface area contributed by atoms with Crippen LogP contribution in [0.3, 0.4) is 0 Å². The average molecular weight is 267 g/mol. The predicted octanol–water partition coefficient (Wildman–Crippen LogP) is 1.42. The van der Waals surface area contributed by atoms with Crippen LogP contribution in [0.5, 0.6) is 0 Å². The van der Waals surface area contributed by atoms with Crippen molar-refractivity contribution in [1.82, 2.24) is 4.90 Å². The number of aliphatic hydroxyl groups excluding tert-OH is 1. The van der Waals surface area contributed by atoms with Crippen molar-refractivity contribution in [1.29, 1.82) is 0 Å². The van der Waals surface area contributed by atoms with E-state index < -0.39 is 0 Å². The second kappa shape index (κ2) is 5.41. The number of hydrogen-bond donors (Lipinski definition) is 1. The SMILES string of the molecule is CCOC1CC(CC(=O)N2CC3CCC(O)C3C2)C1. The molecule has 2 aliphatic carbocycles. The van der Waals surface area contributed by atoms with Gasteiger partial charge in [-0.15, -0.1) is 0 Å². The van der Waals surface area contributed by atoms with E-state index in [1.54, 1.807) is 0 Å². The van der Waals surface area contributed by atoms with Crippen molar-refractivity contribution in [2.24, 2.45) is 17.8 Å². The number of hydrogen-bond acceptors (Lipinski definition) is 3. The minimum Gasteiger partial charge on any atom is -0.393 e. The first kappa shape index (κ1) is 13.4. The van der Waals surface area contributed by atoms with Gasteiger partial charge in [0, 0.05) is 32.0 Å². The molecule has 0 aromatic rings. The van der Waals surface area contributed by atoms with E-state index >= 15 is 0 Å². The summed E-state index contributed by atoms with van der Waals surface area (Å²) in [5.41, 5.74) is 0. The average Bonchev–Trinajstić information content (AvgIpc) is 2.89. The third kappa shape index (κ3) is 2.65. The number of nitrogens with zero attached hydrogens (tertiary/aromatic N) is 1. The Labute approximate surface area is 115 Å². The van der Waals surface area contributed by atoms with Crippen molar-refractivity contribution in [3.8, 4) is 0 Å². The third-order valence-corrected chi connectivity index (χ3v) is 5.23. The van der Waals surface area contributed by atoms with Crippen LogP contribution < -0.4 is 0 Å². The maximum atomic E-state index is 12.3. The molecular formula is C15H25NO3. The molecule has 1 N–H and O–H groups in total. The Kier molecular flexibility index (Phi) is 3.81. The van der Waals surface area contributed by atoms with Gasteiger partial charge in [0.2, 0.25) is 5.91 Å². The zero-order valence-electron chi connectivity index (χ0n) is 11.8. The van der Waals surface area contributed by atoms with E-state index in [1.807, 2.05) is 11.8 Å². The number of fused-ring (bicyclic) bond motifs is 1. The van der Waals surface area contributed by atoms with Crippen molar-refractivity contribution in [2.45, 2.75) is 51.2 Å². The summed E-state index contributed by atoms with van der Waals surface area (Å²) in [7, 11) is 0. The number of likely N-dealkylation sites (tertiary alicyclic amines) is 1. The molecular weight excluding hydrogens is 242 g/mol. The van der Waals surface area contributed by atoms with Crippen molar-refractivity contribution in [3.63, 3.8) is 0 Å². The number of carbonyl (C=O) groups excluding carboxylic acids is 1. The van der Waals surface area contributed by atoms with Gasteiger partial charge >= 0.3 is 0 Å². The predicted molar refractivity (Wildman–Crippen MR) is 71.6 cm³/mol. The Morgan fingerprint density at radius 2 is 2.11 bits per heavy atom. The smallest absolute Gasteiger partial charge is 0.222 e. The summed E-state index contributed by atoms with van der Waals surface area (Å²) in [4.78, 5) is 14.2. The highest BCUT2D eigenvalue weighted by Crippen LogP contribution is 2.39. The Hall–Kier alpha value is -0.610. The van der Waals surface area contributed by atoms with E-state index in [-0.39, 0.29) is 6.10 Å². The Bertz CT molecular complexity index is 340. The largest absolute Gasteiger partial charge is 0.393 e. The first-order chi connectivity index (χ1) is 9.17. The summed E-state index contributed by atoms with van der Waals surface area (Å²) < 4.78 is 5.53. The molecule has 3 aliphatic rings. The molecule has 0 radical (unpaired) electrons. The molecule has 4 nitrogen and oxygen atoms in total. The van der Waals surface area contributed by atoms with E-state index in [0.29, 0.717) is 36.2 Å². The maximum Gasteiger partial charge on any atom is 0.222 e. The van der Waals surface area contributed by atoms with Gasteiger partial charge in [-0.3, -0.25) is 4.79 Å². The van der Waals surface area contributed by atoms with Crippen molar-refractivity contribution >= 4 is 5.91 Å². The monoisotopic (exact) mass is 267 g/mol. The summed E-state index contributed by atoms with van der Waals surface area (Å²) >= 11 is 0. The second-order valence-electron chi connectivity index (χ2n) is 6.49. The van der Waals surface area contributed by atoms with Gasteiger partial charge in [-0.25, -0.2) is 0 Å². The van der Waals surface area contributed by atoms with E-state index in [4.69, 9.17) is 4.74 Å². The highest BCUT2D eigenvalue weighted by molar-refractivity contribution is 5.77. The van der Waals surface area contributed by atoms with Crippen LogP contribution in [-0.4, -0.2) is 47.8 Å². The van der Waals surface area contributed by atoms with E-state index in [9.17, 15) is 9.90 Å². The van der Waals surface area contributed by atoms with Gasteiger partial charge in [-0.2, -0.15) is 0 Å². The van der Waals surface area contributed by atoms with Gasteiger partial charge < -0.3 is 14.7 Å². The molecule has 1 heterocycles. The molecule has 19 heavy (non-hydrogen) atoms.